The number of aliphatic hydroxyl groups is 1. The highest BCUT2D eigenvalue weighted by Gasteiger charge is 2.31. The van der Waals surface area contributed by atoms with Gasteiger partial charge in [0.25, 0.3) is 0 Å². The summed E-state index contributed by atoms with van der Waals surface area (Å²) in [7, 11) is 0. The van der Waals surface area contributed by atoms with Gasteiger partial charge in [-0.15, -0.1) is 0 Å². The topological polar surface area (TPSA) is 40.5 Å². The van der Waals surface area contributed by atoms with Crippen LogP contribution in [-0.2, 0) is 0 Å². The third kappa shape index (κ3) is 3.63. The molecule has 0 aliphatic carbocycles. The van der Waals surface area contributed by atoms with Crippen molar-refractivity contribution in [3.8, 4) is 0 Å². The molecule has 1 radical (unpaired) electrons. The Morgan fingerprint density at radius 1 is 1.23 bits per heavy atom. The third-order valence-electron chi connectivity index (χ3n) is 2.83. The van der Waals surface area contributed by atoms with E-state index in [0.29, 0.717) is 13.1 Å². The molecule has 2 N–H and O–H groups in total. The van der Waals surface area contributed by atoms with Crippen molar-refractivity contribution in [3.63, 3.8) is 0 Å². The summed E-state index contributed by atoms with van der Waals surface area (Å²) in [5.41, 5.74) is 0. The molecule has 3 heteroatoms. The molecule has 0 unspecified atom stereocenters. The standard InChI is InChI=1S/C10H21NO2/c1-2-3-4-7-11(13)8-5-10(12)6-9-11/h10,12-13H,1-9H2/q+1. The predicted molar refractivity (Wildman–Crippen MR) is 51.1 cm³/mol. The van der Waals surface area contributed by atoms with E-state index in [1.54, 1.807) is 0 Å². The zero-order valence-corrected chi connectivity index (χ0v) is 8.28. The first-order valence-corrected chi connectivity index (χ1v) is 5.22. The Balaban J connectivity index is 2.22. The monoisotopic (exact) mass is 187 g/mol. The Morgan fingerprint density at radius 2 is 1.85 bits per heavy atom. The van der Waals surface area contributed by atoms with E-state index in [-0.39, 0.29) is 10.8 Å². The normalized spacial score (nSPS) is 34.8. The SMILES string of the molecule is [CH2]CCCC[N+]1(O)CCC(O)CC1. The Kier molecular flexibility index (Phi) is 4.16. The van der Waals surface area contributed by atoms with Gasteiger partial charge < -0.3 is 5.11 Å². The average molecular weight is 187 g/mol. The molecule has 1 rings (SSSR count). The van der Waals surface area contributed by atoms with Crippen LogP contribution in [0.2, 0.25) is 0 Å². The number of hydrogen-bond acceptors (Lipinski definition) is 2. The fourth-order valence-electron chi connectivity index (χ4n) is 1.84. The van der Waals surface area contributed by atoms with Gasteiger partial charge in [-0.1, -0.05) is 13.3 Å². The highest BCUT2D eigenvalue weighted by Crippen LogP contribution is 2.17. The van der Waals surface area contributed by atoms with Crippen LogP contribution in [0.1, 0.15) is 32.1 Å². The van der Waals surface area contributed by atoms with Crippen molar-refractivity contribution in [1.29, 1.82) is 0 Å². The van der Waals surface area contributed by atoms with Gasteiger partial charge in [0.2, 0.25) is 0 Å². The zero-order valence-electron chi connectivity index (χ0n) is 8.28. The number of hydrogen-bond donors (Lipinski definition) is 2. The van der Waals surface area contributed by atoms with Gasteiger partial charge in [0, 0.05) is 12.8 Å². The number of likely N-dealkylation sites (tertiary alicyclic amines) is 1. The highest BCUT2D eigenvalue weighted by molar-refractivity contribution is 4.60. The lowest BCUT2D eigenvalue weighted by atomic mass is 10.1. The Bertz CT molecular complexity index is 142. The molecule has 0 atom stereocenters. The van der Waals surface area contributed by atoms with E-state index in [0.717, 1.165) is 38.6 Å². The first-order chi connectivity index (χ1) is 6.16. The molecule has 13 heavy (non-hydrogen) atoms. The predicted octanol–water partition coefficient (Wildman–Crippen LogP) is 1.35. The number of piperidine rings is 1. The summed E-state index contributed by atoms with van der Waals surface area (Å²) in [5, 5.41) is 19.3. The molecule has 3 nitrogen and oxygen atoms in total. The molecule has 0 aromatic rings. The fourth-order valence-corrected chi connectivity index (χ4v) is 1.84. The van der Waals surface area contributed by atoms with E-state index in [9.17, 15) is 10.3 Å². The molecule has 1 saturated heterocycles. The Morgan fingerprint density at radius 3 is 2.38 bits per heavy atom. The van der Waals surface area contributed by atoms with Crippen LogP contribution >= 0.6 is 0 Å². The number of rotatable bonds is 4. The van der Waals surface area contributed by atoms with Crippen LogP contribution in [-0.4, -0.2) is 40.7 Å². The van der Waals surface area contributed by atoms with Gasteiger partial charge in [0.05, 0.1) is 6.10 Å². The maximum atomic E-state index is 10.0. The van der Waals surface area contributed by atoms with E-state index in [1.807, 2.05) is 0 Å². The van der Waals surface area contributed by atoms with Gasteiger partial charge >= 0.3 is 0 Å². The Hall–Kier alpha value is -0.120. The van der Waals surface area contributed by atoms with Gasteiger partial charge in [0.15, 0.2) is 0 Å². The lowest BCUT2D eigenvalue weighted by molar-refractivity contribution is -1.11. The van der Waals surface area contributed by atoms with E-state index < -0.39 is 0 Å². The van der Waals surface area contributed by atoms with Crippen molar-refractivity contribution in [2.24, 2.45) is 0 Å². The van der Waals surface area contributed by atoms with Crippen LogP contribution < -0.4 is 0 Å². The second kappa shape index (κ2) is 4.94. The average Bonchev–Trinajstić information content (AvgIpc) is 2.12. The molecule has 0 saturated carbocycles. The van der Waals surface area contributed by atoms with Crippen molar-refractivity contribution in [1.82, 2.24) is 0 Å². The van der Waals surface area contributed by atoms with Gasteiger partial charge in [-0.2, -0.15) is 4.65 Å². The summed E-state index contributed by atoms with van der Waals surface area (Å²) in [6.45, 7) is 6.01. The number of nitrogens with zero attached hydrogens (tertiary/aromatic N) is 1. The summed E-state index contributed by atoms with van der Waals surface area (Å²) >= 11 is 0. The minimum atomic E-state index is -0.189. The summed E-state index contributed by atoms with van der Waals surface area (Å²) in [4.78, 5) is 0. The second-order valence-electron chi connectivity index (χ2n) is 4.06. The van der Waals surface area contributed by atoms with Crippen LogP contribution in [0.3, 0.4) is 0 Å². The summed E-state index contributed by atoms with van der Waals surface area (Å²) in [6.07, 6.45) is 4.36. The largest absolute Gasteiger partial charge is 0.393 e. The molecular weight excluding hydrogens is 166 g/mol. The molecule has 0 bridgehead atoms. The summed E-state index contributed by atoms with van der Waals surface area (Å²) in [6, 6.07) is 0. The van der Waals surface area contributed by atoms with Crippen molar-refractivity contribution in [2.75, 3.05) is 19.6 Å². The van der Waals surface area contributed by atoms with Crippen LogP contribution in [0, 0.1) is 6.92 Å². The van der Waals surface area contributed by atoms with E-state index in [1.165, 1.54) is 0 Å². The lowest BCUT2D eigenvalue weighted by Gasteiger charge is -2.35. The number of aliphatic hydroxyl groups excluding tert-OH is 1. The third-order valence-corrected chi connectivity index (χ3v) is 2.83. The molecular formula is C10H21NO2+. The smallest absolute Gasteiger partial charge is 0.111 e. The van der Waals surface area contributed by atoms with Crippen LogP contribution in [0.5, 0.6) is 0 Å². The van der Waals surface area contributed by atoms with Crippen molar-refractivity contribution in [2.45, 2.75) is 38.2 Å². The van der Waals surface area contributed by atoms with Gasteiger partial charge in [-0.3, -0.25) is 0 Å². The van der Waals surface area contributed by atoms with Crippen LogP contribution in [0.15, 0.2) is 0 Å². The van der Waals surface area contributed by atoms with Gasteiger partial charge in [-0.05, 0) is 12.8 Å². The lowest BCUT2D eigenvalue weighted by Crippen LogP contribution is -2.51. The molecule has 0 amide bonds. The summed E-state index contributed by atoms with van der Waals surface area (Å²) in [5.74, 6) is 0. The van der Waals surface area contributed by atoms with E-state index in [2.05, 4.69) is 6.92 Å². The fraction of sp³-hybridized carbons (Fsp3) is 0.900. The maximum Gasteiger partial charge on any atom is 0.111 e. The van der Waals surface area contributed by atoms with E-state index in [4.69, 9.17) is 0 Å². The van der Waals surface area contributed by atoms with Crippen molar-refractivity contribution < 1.29 is 15.0 Å². The molecule has 1 fully saturated rings. The minimum Gasteiger partial charge on any atom is -0.393 e. The molecule has 1 aliphatic rings. The van der Waals surface area contributed by atoms with Gasteiger partial charge in [-0.25, -0.2) is 5.21 Å². The molecule has 1 heterocycles. The van der Waals surface area contributed by atoms with Crippen molar-refractivity contribution >= 4 is 0 Å². The number of unbranched alkanes of at least 4 members (excludes halogenated alkanes) is 2. The highest BCUT2D eigenvalue weighted by atomic mass is 16.5. The summed E-state index contributed by atoms with van der Waals surface area (Å²) < 4.78 is 0.164. The molecule has 77 valence electrons. The first kappa shape index (κ1) is 11.0. The minimum absolute atomic E-state index is 0.164. The number of quaternary nitrogens is 1. The number of hydroxylamine groups is 3. The maximum absolute atomic E-state index is 10.0. The van der Waals surface area contributed by atoms with Gasteiger partial charge in [0.1, 0.15) is 19.6 Å². The Labute approximate surface area is 80.5 Å². The first-order valence-electron chi connectivity index (χ1n) is 5.22. The molecule has 1 aliphatic heterocycles. The molecule has 0 aromatic carbocycles. The second-order valence-corrected chi connectivity index (χ2v) is 4.06. The zero-order chi connectivity index (χ0) is 9.73. The van der Waals surface area contributed by atoms with Crippen molar-refractivity contribution in [3.05, 3.63) is 6.92 Å². The molecule has 0 aromatic heterocycles. The van der Waals surface area contributed by atoms with Crippen LogP contribution in [0.4, 0.5) is 0 Å². The quantitative estimate of drug-likeness (QED) is 0.515. The van der Waals surface area contributed by atoms with E-state index >= 15 is 0 Å². The molecule has 0 spiro atoms. The van der Waals surface area contributed by atoms with Crippen LogP contribution in [0.25, 0.3) is 0 Å².